The molecule has 0 radical (unpaired) electrons. The summed E-state index contributed by atoms with van der Waals surface area (Å²) < 4.78 is 0. The topological polar surface area (TPSA) is 28.2 Å². The second-order valence-electron chi connectivity index (χ2n) is 5.01. The fraction of sp³-hybridized carbons (Fsp3) is 0.615. The SMILES string of the molecule is c1ccc(CCN2C[C@H]3CNC[C@H]3C2)nc1. The van der Waals surface area contributed by atoms with E-state index < -0.39 is 0 Å². The number of likely N-dealkylation sites (tertiary alicyclic amines) is 1. The van der Waals surface area contributed by atoms with Gasteiger partial charge in [0.1, 0.15) is 0 Å². The van der Waals surface area contributed by atoms with Crippen molar-refractivity contribution in [1.29, 1.82) is 0 Å². The molecule has 3 rings (SSSR count). The van der Waals surface area contributed by atoms with E-state index >= 15 is 0 Å². The summed E-state index contributed by atoms with van der Waals surface area (Å²) in [7, 11) is 0. The molecule has 16 heavy (non-hydrogen) atoms. The van der Waals surface area contributed by atoms with E-state index in [0.717, 1.165) is 18.3 Å². The van der Waals surface area contributed by atoms with Crippen molar-refractivity contribution in [2.24, 2.45) is 11.8 Å². The van der Waals surface area contributed by atoms with Gasteiger partial charge in [-0.2, -0.15) is 0 Å². The van der Waals surface area contributed by atoms with Crippen LogP contribution < -0.4 is 5.32 Å². The van der Waals surface area contributed by atoms with Crippen molar-refractivity contribution >= 4 is 0 Å². The van der Waals surface area contributed by atoms with Crippen molar-refractivity contribution in [2.45, 2.75) is 6.42 Å². The van der Waals surface area contributed by atoms with Gasteiger partial charge < -0.3 is 10.2 Å². The average molecular weight is 217 g/mol. The zero-order valence-electron chi connectivity index (χ0n) is 9.60. The van der Waals surface area contributed by atoms with Crippen LogP contribution in [0.15, 0.2) is 24.4 Å². The van der Waals surface area contributed by atoms with Crippen LogP contribution in [0.25, 0.3) is 0 Å². The number of pyridine rings is 1. The Labute approximate surface area is 96.9 Å². The molecule has 2 aliphatic heterocycles. The van der Waals surface area contributed by atoms with Gasteiger partial charge >= 0.3 is 0 Å². The second-order valence-corrected chi connectivity index (χ2v) is 5.01. The molecule has 86 valence electrons. The van der Waals surface area contributed by atoms with Crippen molar-refractivity contribution in [3.63, 3.8) is 0 Å². The van der Waals surface area contributed by atoms with Gasteiger partial charge in [0.15, 0.2) is 0 Å². The molecular weight excluding hydrogens is 198 g/mol. The van der Waals surface area contributed by atoms with E-state index in [4.69, 9.17) is 0 Å². The van der Waals surface area contributed by atoms with Gasteiger partial charge in [0.05, 0.1) is 0 Å². The third-order valence-electron chi connectivity index (χ3n) is 3.88. The summed E-state index contributed by atoms with van der Waals surface area (Å²) in [6, 6.07) is 6.18. The summed E-state index contributed by atoms with van der Waals surface area (Å²) in [6.45, 7) is 6.19. The fourth-order valence-electron chi connectivity index (χ4n) is 2.95. The first-order valence-electron chi connectivity index (χ1n) is 6.25. The van der Waals surface area contributed by atoms with Crippen LogP contribution in [0.1, 0.15) is 5.69 Å². The summed E-state index contributed by atoms with van der Waals surface area (Å²) in [6.07, 6.45) is 2.98. The molecule has 1 N–H and O–H groups in total. The van der Waals surface area contributed by atoms with Crippen molar-refractivity contribution in [2.75, 3.05) is 32.7 Å². The molecule has 3 nitrogen and oxygen atoms in total. The standard InChI is InChI=1S/C13H19N3/c1-2-5-15-13(3-1)4-6-16-9-11-7-14-8-12(11)10-16/h1-3,5,11-12,14H,4,6-10H2/t11-,12+. The normalized spacial score (nSPS) is 29.5. The predicted molar refractivity (Wildman–Crippen MR) is 64.2 cm³/mol. The first-order valence-corrected chi connectivity index (χ1v) is 6.25. The highest BCUT2D eigenvalue weighted by Crippen LogP contribution is 2.25. The maximum atomic E-state index is 4.37. The Morgan fingerprint density at radius 2 is 2.06 bits per heavy atom. The number of nitrogens with zero attached hydrogens (tertiary/aromatic N) is 2. The summed E-state index contributed by atoms with van der Waals surface area (Å²) in [5.41, 5.74) is 1.22. The molecule has 3 heteroatoms. The van der Waals surface area contributed by atoms with Gasteiger partial charge in [0.2, 0.25) is 0 Å². The van der Waals surface area contributed by atoms with Crippen molar-refractivity contribution in [3.8, 4) is 0 Å². The first kappa shape index (κ1) is 10.2. The number of rotatable bonds is 3. The first-order chi connectivity index (χ1) is 7.92. The predicted octanol–water partition coefficient (Wildman–Crippen LogP) is 0.775. The summed E-state index contributed by atoms with van der Waals surface area (Å²) >= 11 is 0. The van der Waals surface area contributed by atoms with Crippen LogP contribution in [-0.4, -0.2) is 42.6 Å². The molecule has 0 aromatic carbocycles. The van der Waals surface area contributed by atoms with E-state index in [9.17, 15) is 0 Å². The van der Waals surface area contributed by atoms with Gasteiger partial charge in [0, 0.05) is 37.9 Å². The maximum absolute atomic E-state index is 4.37. The third kappa shape index (κ3) is 2.11. The van der Waals surface area contributed by atoms with Crippen molar-refractivity contribution < 1.29 is 0 Å². The molecule has 2 fully saturated rings. The highest BCUT2D eigenvalue weighted by molar-refractivity contribution is 5.04. The number of hydrogen-bond acceptors (Lipinski definition) is 3. The Morgan fingerprint density at radius 1 is 1.25 bits per heavy atom. The molecule has 0 bridgehead atoms. The molecule has 1 aromatic heterocycles. The Morgan fingerprint density at radius 3 is 2.75 bits per heavy atom. The minimum atomic E-state index is 0.906. The lowest BCUT2D eigenvalue weighted by molar-refractivity contribution is 0.316. The average Bonchev–Trinajstić information content (AvgIpc) is 2.88. The zero-order chi connectivity index (χ0) is 10.8. The molecule has 2 saturated heterocycles. The minimum absolute atomic E-state index is 0.906. The highest BCUT2D eigenvalue weighted by atomic mass is 15.2. The van der Waals surface area contributed by atoms with E-state index in [-0.39, 0.29) is 0 Å². The zero-order valence-corrected chi connectivity index (χ0v) is 9.60. The van der Waals surface area contributed by atoms with Crippen LogP contribution in [0.3, 0.4) is 0 Å². The molecule has 0 unspecified atom stereocenters. The van der Waals surface area contributed by atoms with Gasteiger partial charge in [-0.1, -0.05) is 6.07 Å². The van der Waals surface area contributed by atoms with Crippen LogP contribution in [0.2, 0.25) is 0 Å². The molecule has 2 atom stereocenters. The third-order valence-corrected chi connectivity index (χ3v) is 3.88. The van der Waals surface area contributed by atoms with Crippen LogP contribution in [0.4, 0.5) is 0 Å². The molecule has 0 aliphatic carbocycles. The number of nitrogens with one attached hydrogen (secondary N) is 1. The van der Waals surface area contributed by atoms with Crippen molar-refractivity contribution in [1.82, 2.24) is 15.2 Å². The van der Waals surface area contributed by atoms with Crippen molar-refractivity contribution in [3.05, 3.63) is 30.1 Å². The summed E-state index contributed by atoms with van der Waals surface area (Å²) in [5, 5.41) is 3.48. The molecular formula is C13H19N3. The molecule has 0 saturated carbocycles. The van der Waals surface area contributed by atoms with Gasteiger partial charge in [-0.25, -0.2) is 0 Å². The second kappa shape index (κ2) is 4.52. The Hall–Kier alpha value is -0.930. The van der Waals surface area contributed by atoms with Crippen LogP contribution in [0, 0.1) is 11.8 Å². The molecule has 0 spiro atoms. The Bertz CT molecular complexity index is 326. The summed E-state index contributed by atoms with van der Waals surface area (Å²) in [5.74, 6) is 1.81. The van der Waals surface area contributed by atoms with Gasteiger partial charge in [-0.3, -0.25) is 4.98 Å². The van der Waals surface area contributed by atoms with E-state index in [0.29, 0.717) is 0 Å². The quantitative estimate of drug-likeness (QED) is 0.811. The Kier molecular flexibility index (Phi) is 2.89. The van der Waals surface area contributed by atoms with Crippen LogP contribution in [0.5, 0.6) is 0 Å². The van der Waals surface area contributed by atoms with E-state index in [1.54, 1.807) is 0 Å². The monoisotopic (exact) mass is 217 g/mol. The fourth-order valence-corrected chi connectivity index (χ4v) is 2.95. The highest BCUT2D eigenvalue weighted by Gasteiger charge is 2.35. The summed E-state index contributed by atoms with van der Waals surface area (Å²) in [4.78, 5) is 6.97. The van der Waals surface area contributed by atoms with E-state index in [1.807, 2.05) is 12.3 Å². The maximum Gasteiger partial charge on any atom is 0.0416 e. The van der Waals surface area contributed by atoms with Gasteiger partial charge in [-0.15, -0.1) is 0 Å². The lowest BCUT2D eigenvalue weighted by Crippen LogP contribution is -2.27. The molecule has 0 amide bonds. The minimum Gasteiger partial charge on any atom is -0.316 e. The molecule has 3 heterocycles. The smallest absolute Gasteiger partial charge is 0.0416 e. The molecule has 2 aliphatic rings. The lowest BCUT2D eigenvalue weighted by Gasteiger charge is -2.16. The number of hydrogen-bond donors (Lipinski definition) is 1. The van der Waals surface area contributed by atoms with Gasteiger partial charge in [0.25, 0.3) is 0 Å². The van der Waals surface area contributed by atoms with Crippen LogP contribution in [-0.2, 0) is 6.42 Å². The van der Waals surface area contributed by atoms with Crippen LogP contribution >= 0.6 is 0 Å². The Balaban J connectivity index is 1.50. The number of aromatic nitrogens is 1. The largest absolute Gasteiger partial charge is 0.316 e. The van der Waals surface area contributed by atoms with E-state index in [2.05, 4.69) is 27.3 Å². The molecule has 1 aromatic rings. The number of fused-ring (bicyclic) bond motifs is 1. The van der Waals surface area contributed by atoms with Gasteiger partial charge in [-0.05, 0) is 37.1 Å². The van der Waals surface area contributed by atoms with E-state index in [1.165, 1.54) is 38.4 Å². The lowest BCUT2D eigenvalue weighted by atomic mass is 10.0.